The van der Waals surface area contributed by atoms with E-state index in [2.05, 4.69) is 9.97 Å². The molecule has 2 heterocycles. The maximum absolute atomic E-state index is 13.5. The lowest BCUT2D eigenvalue weighted by Crippen LogP contribution is -2.47. The monoisotopic (exact) mass is 524 g/mol. The van der Waals surface area contributed by atoms with Crippen LogP contribution < -0.4 is 4.90 Å². The van der Waals surface area contributed by atoms with Gasteiger partial charge in [0.05, 0.1) is 24.1 Å². The van der Waals surface area contributed by atoms with Crippen LogP contribution in [0.1, 0.15) is 55.3 Å². The van der Waals surface area contributed by atoms with Crippen LogP contribution in [-0.4, -0.2) is 40.8 Å². The van der Waals surface area contributed by atoms with Crippen molar-refractivity contribution in [1.29, 1.82) is 0 Å². The molecule has 1 fully saturated rings. The predicted octanol–water partition coefficient (Wildman–Crippen LogP) is 5.44. The van der Waals surface area contributed by atoms with Gasteiger partial charge in [-0.1, -0.05) is 25.7 Å². The summed E-state index contributed by atoms with van der Waals surface area (Å²) in [6.45, 7) is -1.16. The number of aromatic nitrogens is 2. The van der Waals surface area contributed by atoms with Crippen LogP contribution in [0.2, 0.25) is 0 Å². The highest BCUT2D eigenvalue weighted by Crippen LogP contribution is 2.40. The lowest BCUT2D eigenvalue weighted by molar-refractivity contribution is -0.137. The van der Waals surface area contributed by atoms with E-state index >= 15 is 0 Å². The molecular weight excluding hydrogens is 498 g/mol. The second-order valence-electron chi connectivity index (χ2n) is 9.17. The number of nitrogens with one attached hydrogen (secondary N) is 1. The van der Waals surface area contributed by atoms with Crippen LogP contribution >= 0.6 is 0 Å². The third-order valence-electron chi connectivity index (χ3n) is 6.83. The van der Waals surface area contributed by atoms with Gasteiger partial charge in [0.2, 0.25) is 0 Å². The van der Waals surface area contributed by atoms with E-state index < -0.39 is 46.4 Å². The molecule has 0 amide bonds. The summed E-state index contributed by atoms with van der Waals surface area (Å²) in [5.41, 5.74) is -5.86. The Balaban J connectivity index is 1.78. The number of fused-ring (bicyclic) bond motifs is 1. The third-order valence-corrected chi connectivity index (χ3v) is 8.37. The Hall–Kier alpha value is -2.28. The summed E-state index contributed by atoms with van der Waals surface area (Å²) in [5.74, 6) is 0.395. The topological polar surface area (TPSA) is 69.3 Å². The molecule has 1 N–H and O–H groups in total. The van der Waals surface area contributed by atoms with E-state index in [0.717, 1.165) is 37.8 Å². The van der Waals surface area contributed by atoms with Crippen LogP contribution in [0.4, 0.5) is 32.0 Å². The summed E-state index contributed by atoms with van der Waals surface area (Å²) < 4.78 is 106. The Labute approximate surface area is 199 Å². The molecule has 2 aromatic rings. The van der Waals surface area contributed by atoms with Gasteiger partial charge in [-0.15, -0.1) is 0 Å². The number of rotatable bonds is 6. The predicted molar refractivity (Wildman–Crippen MR) is 117 cm³/mol. The van der Waals surface area contributed by atoms with Gasteiger partial charge in [0.15, 0.2) is 0 Å². The lowest BCUT2D eigenvalue weighted by atomic mass is 9.97. The summed E-state index contributed by atoms with van der Waals surface area (Å²) in [4.78, 5) is 8.57. The zero-order chi connectivity index (χ0) is 25.4. The summed E-state index contributed by atoms with van der Waals surface area (Å²) >= 11 is 0. The van der Waals surface area contributed by atoms with Crippen molar-refractivity contribution in [2.24, 2.45) is 5.92 Å². The molecule has 6 nitrogen and oxygen atoms in total. The van der Waals surface area contributed by atoms with Gasteiger partial charge in [0.25, 0.3) is 0 Å². The van der Waals surface area contributed by atoms with Crippen molar-refractivity contribution in [2.75, 3.05) is 11.4 Å². The van der Waals surface area contributed by atoms with E-state index in [1.807, 2.05) is 0 Å². The fourth-order valence-electron chi connectivity index (χ4n) is 5.03. The molecule has 1 saturated carbocycles. The minimum Gasteiger partial charge on any atom is -0.361 e. The number of hydrogen-bond acceptors (Lipinski definition) is 4. The van der Waals surface area contributed by atoms with Crippen molar-refractivity contribution >= 4 is 15.7 Å². The van der Waals surface area contributed by atoms with Gasteiger partial charge in [-0.25, -0.2) is 13.4 Å². The Kier molecular flexibility index (Phi) is 7.11. The number of nitrogens with zero attached hydrogens (tertiary/aromatic N) is 3. The zero-order valence-electron chi connectivity index (χ0n) is 18.7. The number of imidazole rings is 1. The van der Waals surface area contributed by atoms with Gasteiger partial charge in [0.1, 0.15) is 0 Å². The van der Waals surface area contributed by atoms with Crippen LogP contribution in [0, 0.1) is 5.92 Å². The average molecular weight is 525 g/mol. The number of hydrogen-bond donors (Lipinski definition) is 1. The molecule has 0 spiro atoms. The SMILES string of the molecule is O=S(=O)(N1Cc2cc(C(F)(F)F)ccc2N(Cc2cnc[nH]2)[C@@H](CCC2CCCC2)C1)C(F)(F)F. The van der Waals surface area contributed by atoms with Crippen molar-refractivity contribution in [3.63, 3.8) is 0 Å². The van der Waals surface area contributed by atoms with E-state index in [4.69, 9.17) is 0 Å². The molecule has 1 aromatic heterocycles. The summed E-state index contributed by atoms with van der Waals surface area (Å²) in [6, 6.07) is 2.17. The van der Waals surface area contributed by atoms with Crippen molar-refractivity contribution in [2.45, 2.75) is 69.3 Å². The molecule has 35 heavy (non-hydrogen) atoms. The fraction of sp³-hybridized carbons (Fsp3) is 0.591. The molecule has 0 saturated heterocycles. The molecule has 1 aliphatic carbocycles. The van der Waals surface area contributed by atoms with Crippen LogP contribution in [0.25, 0.3) is 0 Å². The number of aromatic amines is 1. The lowest BCUT2D eigenvalue weighted by Gasteiger charge is -2.34. The fourth-order valence-corrected chi connectivity index (χ4v) is 6.00. The van der Waals surface area contributed by atoms with E-state index in [9.17, 15) is 34.8 Å². The van der Waals surface area contributed by atoms with Gasteiger partial charge in [-0.2, -0.15) is 30.6 Å². The largest absolute Gasteiger partial charge is 0.511 e. The van der Waals surface area contributed by atoms with E-state index in [1.54, 1.807) is 4.90 Å². The van der Waals surface area contributed by atoms with Crippen molar-refractivity contribution in [3.8, 4) is 0 Å². The standard InChI is InChI=1S/C22H26F6N4O2S/c23-21(24,25)17-6-8-20-16(9-17)11-31(35(33,34)22(26,27)28)13-19(7-5-15-3-1-2-4-15)32(20)12-18-10-29-14-30-18/h6,8-10,14-15,19H,1-5,7,11-13H2,(H,29,30)/t19-/m0/s1. The average Bonchev–Trinajstić information content (AvgIpc) is 3.44. The minimum absolute atomic E-state index is 0.129. The maximum atomic E-state index is 13.5. The quantitative estimate of drug-likeness (QED) is 0.511. The molecule has 0 radical (unpaired) electrons. The van der Waals surface area contributed by atoms with Crippen molar-refractivity contribution < 1.29 is 34.8 Å². The smallest absolute Gasteiger partial charge is 0.361 e. The first kappa shape index (κ1) is 25.8. The zero-order valence-corrected chi connectivity index (χ0v) is 19.6. The highest BCUT2D eigenvalue weighted by molar-refractivity contribution is 7.89. The van der Waals surface area contributed by atoms with Crippen LogP contribution in [0.3, 0.4) is 0 Å². The molecule has 194 valence electrons. The van der Waals surface area contributed by atoms with Gasteiger partial charge in [-0.05, 0) is 42.5 Å². The first-order valence-electron chi connectivity index (χ1n) is 11.4. The number of alkyl halides is 6. The highest BCUT2D eigenvalue weighted by Gasteiger charge is 2.51. The Bertz CT molecular complexity index is 1110. The molecule has 1 atom stereocenters. The number of anilines is 1. The Morgan fingerprint density at radius 1 is 1.06 bits per heavy atom. The van der Waals surface area contributed by atoms with Crippen molar-refractivity contribution in [3.05, 3.63) is 47.5 Å². The van der Waals surface area contributed by atoms with Crippen LogP contribution in [-0.2, 0) is 29.3 Å². The molecular formula is C22H26F6N4O2S. The van der Waals surface area contributed by atoms with Gasteiger partial charge in [0, 0.05) is 31.0 Å². The molecule has 13 heteroatoms. The number of halogens is 6. The molecule has 0 unspecified atom stereocenters. The van der Waals surface area contributed by atoms with E-state index in [0.29, 0.717) is 24.5 Å². The van der Waals surface area contributed by atoms with E-state index in [1.165, 1.54) is 18.6 Å². The second-order valence-corrected chi connectivity index (χ2v) is 11.1. The number of benzene rings is 1. The molecule has 1 aromatic carbocycles. The summed E-state index contributed by atoms with van der Waals surface area (Å²) in [7, 11) is -5.76. The van der Waals surface area contributed by atoms with E-state index in [-0.39, 0.29) is 22.1 Å². The Morgan fingerprint density at radius 2 is 1.77 bits per heavy atom. The number of sulfonamides is 1. The number of H-pyrrole nitrogens is 1. The van der Waals surface area contributed by atoms with Crippen LogP contribution in [0.15, 0.2) is 30.7 Å². The Morgan fingerprint density at radius 3 is 2.37 bits per heavy atom. The maximum Gasteiger partial charge on any atom is 0.511 e. The van der Waals surface area contributed by atoms with Gasteiger partial charge in [-0.3, -0.25) is 0 Å². The molecule has 2 aliphatic rings. The van der Waals surface area contributed by atoms with Gasteiger partial charge >= 0.3 is 21.7 Å². The highest BCUT2D eigenvalue weighted by atomic mass is 32.2. The normalized spacial score (nSPS) is 20.7. The second kappa shape index (κ2) is 9.64. The molecule has 4 rings (SSSR count). The van der Waals surface area contributed by atoms with Crippen molar-refractivity contribution in [1.82, 2.24) is 14.3 Å². The first-order chi connectivity index (χ1) is 16.4. The summed E-state index contributed by atoms with van der Waals surface area (Å²) in [6.07, 6.45) is 3.47. The van der Waals surface area contributed by atoms with Gasteiger partial charge < -0.3 is 9.88 Å². The summed E-state index contributed by atoms with van der Waals surface area (Å²) in [5, 5.41) is 0. The molecule has 0 bridgehead atoms. The van der Waals surface area contributed by atoms with Crippen LogP contribution in [0.5, 0.6) is 0 Å². The molecule has 1 aliphatic heterocycles. The third kappa shape index (κ3) is 5.60. The first-order valence-corrected chi connectivity index (χ1v) is 12.8. The minimum atomic E-state index is -5.76.